The van der Waals surface area contributed by atoms with Gasteiger partial charge in [-0.05, 0) is 52.4 Å². The second kappa shape index (κ2) is 12.7. The van der Waals surface area contributed by atoms with Crippen LogP contribution in [-0.2, 0) is 4.74 Å². The predicted molar refractivity (Wildman–Crippen MR) is 93.6 cm³/mol. The Morgan fingerprint density at radius 1 is 1.14 bits per heavy atom. The smallest absolute Gasteiger partial charge is 0.191 e. The Labute approximate surface area is 136 Å². The molecule has 6 heteroatoms. The average Bonchev–Trinajstić information content (AvgIpc) is 3.03. The van der Waals surface area contributed by atoms with E-state index >= 15 is 0 Å². The molecule has 1 aliphatic heterocycles. The molecule has 0 atom stereocenters. The van der Waals surface area contributed by atoms with Crippen LogP contribution >= 0.6 is 0 Å². The zero-order valence-electron chi connectivity index (χ0n) is 14.7. The van der Waals surface area contributed by atoms with Gasteiger partial charge >= 0.3 is 0 Å². The quantitative estimate of drug-likeness (QED) is 0.332. The average molecular weight is 313 g/mol. The summed E-state index contributed by atoms with van der Waals surface area (Å²) >= 11 is 0. The Morgan fingerprint density at radius 3 is 2.55 bits per heavy atom. The highest BCUT2D eigenvalue weighted by atomic mass is 16.5. The molecular formula is C16H35N5O. The fourth-order valence-corrected chi connectivity index (χ4v) is 2.69. The van der Waals surface area contributed by atoms with Crippen molar-refractivity contribution in [1.82, 2.24) is 20.4 Å². The molecular weight excluding hydrogens is 278 g/mol. The van der Waals surface area contributed by atoms with Gasteiger partial charge in [0.1, 0.15) is 0 Å². The Kier molecular flexibility index (Phi) is 11.1. The highest BCUT2D eigenvalue weighted by molar-refractivity contribution is 5.79. The van der Waals surface area contributed by atoms with E-state index in [1.54, 1.807) is 7.11 Å². The van der Waals surface area contributed by atoms with Crippen LogP contribution in [0, 0.1) is 0 Å². The first-order valence-corrected chi connectivity index (χ1v) is 8.60. The van der Waals surface area contributed by atoms with Gasteiger partial charge in [0.2, 0.25) is 0 Å². The van der Waals surface area contributed by atoms with Gasteiger partial charge in [0.15, 0.2) is 5.96 Å². The molecule has 0 aliphatic carbocycles. The highest BCUT2D eigenvalue weighted by Crippen LogP contribution is 2.06. The van der Waals surface area contributed by atoms with Gasteiger partial charge in [-0.1, -0.05) is 0 Å². The van der Waals surface area contributed by atoms with Gasteiger partial charge in [0.25, 0.3) is 0 Å². The van der Waals surface area contributed by atoms with Crippen LogP contribution in [0.5, 0.6) is 0 Å². The molecule has 1 fully saturated rings. The number of hydrogen-bond acceptors (Lipinski definition) is 4. The molecule has 0 aromatic rings. The van der Waals surface area contributed by atoms with Gasteiger partial charge in [0.05, 0.1) is 0 Å². The Hall–Kier alpha value is -0.850. The van der Waals surface area contributed by atoms with E-state index in [9.17, 15) is 0 Å². The van der Waals surface area contributed by atoms with Crippen LogP contribution in [0.2, 0.25) is 0 Å². The van der Waals surface area contributed by atoms with E-state index in [1.165, 1.54) is 38.9 Å². The first-order valence-electron chi connectivity index (χ1n) is 8.60. The van der Waals surface area contributed by atoms with Crippen molar-refractivity contribution in [2.75, 3.05) is 73.6 Å². The molecule has 1 saturated heterocycles. The van der Waals surface area contributed by atoms with Crippen LogP contribution in [-0.4, -0.2) is 89.4 Å². The maximum Gasteiger partial charge on any atom is 0.191 e. The zero-order chi connectivity index (χ0) is 16.0. The summed E-state index contributed by atoms with van der Waals surface area (Å²) in [7, 11) is 5.72. The van der Waals surface area contributed by atoms with Crippen molar-refractivity contribution in [3.05, 3.63) is 0 Å². The van der Waals surface area contributed by atoms with Gasteiger partial charge < -0.3 is 25.2 Å². The summed E-state index contributed by atoms with van der Waals surface area (Å²) in [5, 5.41) is 6.76. The van der Waals surface area contributed by atoms with Gasteiger partial charge in [-0.2, -0.15) is 0 Å². The Morgan fingerprint density at radius 2 is 1.86 bits per heavy atom. The third-order valence-electron chi connectivity index (χ3n) is 4.04. The fraction of sp³-hybridized carbons (Fsp3) is 0.938. The van der Waals surface area contributed by atoms with Crippen molar-refractivity contribution in [1.29, 1.82) is 0 Å². The van der Waals surface area contributed by atoms with Crippen molar-refractivity contribution in [3.8, 4) is 0 Å². The number of likely N-dealkylation sites (N-methyl/N-ethyl adjacent to an activating group) is 1. The largest absolute Gasteiger partial charge is 0.385 e. The van der Waals surface area contributed by atoms with Crippen LogP contribution in [0.4, 0.5) is 0 Å². The number of aliphatic imine (C=N–C) groups is 1. The summed E-state index contributed by atoms with van der Waals surface area (Å²) < 4.78 is 5.07. The normalized spacial score (nSPS) is 16.5. The lowest BCUT2D eigenvalue weighted by Crippen LogP contribution is -2.41. The van der Waals surface area contributed by atoms with E-state index in [2.05, 4.69) is 32.5 Å². The minimum absolute atomic E-state index is 0.831. The molecule has 0 aromatic heterocycles. The van der Waals surface area contributed by atoms with E-state index < -0.39 is 0 Å². The lowest BCUT2D eigenvalue weighted by Gasteiger charge is -2.18. The molecule has 0 radical (unpaired) electrons. The van der Waals surface area contributed by atoms with Crippen LogP contribution < -0.4 is 10.6 Å². The third-order valence-corrected chi connectivity index (χ3v) is 4.04. The van der Waals surface area contributed by atoms with Crippen LogP contribution in [0.15, 0.2) is 4.99 Å². The van der Waals surface area contributed by atoms with Crippen molar-refractivity contribution in [2.24, 2.45) is 4.99 Å². The van der Waals surface area contributed by atoms with E-state index in [-0.39, 0.29) is 0 Å². The van der Waals surface area contributed by atoms with Gasteiger partial charge in [0, 0.05) is 46.9 Å². The molecule has 6 nitrogen and oxygen atoms in total. The third kappa shape index (κ3) is 9.23. The SMILES string of the molecule is CN=C(NCCCN1CCCC1)NCCN(C)CCCOC. The van der Waals surface area contributed by atoms with Crippen LogP contribution in [0.25, 0.3) is 0 Å². The number of nitrogens with one attached hydrogen (secondary N) is 2. The minimum Gasteiger partial charge on any atom is -0.385 e. The van der Waals surface area contributed by atoms with Gasteiger partial charge in [-0.25, -0.2) is 0 Å². The standard InChI is InChI=1S/C16H35N5O/c1-17-16(18-8-6-13-21-11-4-5-12-21)19-9-14-20(2)10-7-15-22-3/h4-15H2,1-3H3,(H2,17,18,19). The van der Waals surface area contributed by atoms with E-state index in [0.29, 0.717) is 0 Å². The Balaban J connectivity index is 1.99. The summed E-state index contributed by atoms with van der Waals surface area (Å²) in [4.78, 5) is 9.13. The monoisotopic (exact) mass is 313 g/mol. The lowest BCUT2D eigenvalue weighted by molar-refractivity contribution is 0.180. The topological polar surface area (TPSA) is 52.1 Å². The molecule has 22 heavy (non-hydrogen) atoms. The van der Waals surface area contributed by atoms with Crippen LogP contribution in [0.1, 0.15) is 25.7 Å². The van der Waals surface area contributed by atoms with Crippen molar-refractivity contribution in [3.63, 3.8) is 0 Å². The molecule has 1 rings (SSSR count). The summed E-state index contributed by atoms with van der Waals surface area (Å²) in [5.74, 6) is 0.909. The van der Waals surface area contributed by atoms with Crippen molar-refractivity contribution < 1.29 is 4.74 Å². The number of nitrogens with zero attached hydrogens (tertiary/aromatic N) is 3. The molecule has 0 saturated carbocycles. The molecule has 0 unspecified atom stereocenters. The van der Waals surface area contributed by atoms with Crippen molar-refractivity contribution in [2.45, 2.75) is 25.7 Å². The van der Waals surface area contributed by atoms with E-state index in [1.807, 2.05) is 7.05 Å². The number of likely N-dealkylation sites (tertiary alicyclic amines) is 1. The molecule has 2 N–H and O–H groups in total. The Bertz CT molecular complexity index is 292. The maximum absolute atomic E-state index is 5.07. The molecule has 0 amide bonds. The summed E-state index contributed by atoms with van der Waals surface area (Å²) in [6.07, 6.45) is 5.00. The number of ether oxygens (including phenoxy) is 1. The minimum atomic E-state index is 0.831. The molecule has 1 heterocycles. The second-order valence-corrected chi connectivity index (χ2v) is 5.98. The molecule has 0 spiro atoms. The number of rotatable bonds is 11. The number of methoxy groups -OCH3 is 1. The lowest BCUT2D eigenvalue weighted by atomic mass is 10.4. The second-order valence-electron chi connectivity index (χ2n) is 5.98. The molecule has 0 bridgehead atoms. The highest BCUT2D eigenvalue weighted by Gasteiger charge is 2.10. The maximum atomic E-state index is 5.07. The molecule has 0 aromatic carbocycles. The fourth-order valence-electron chi connectivity index (χ4n) is 2.69. The first-order chi connectivity index (χ1) is 10.8. The summed E-state index contributed by atoms with van der Waals surface area (Å²) in [5.41, 5.74) is 0. The predicted octanol–water partition coefficient (Wildman–Crippen LogP) is 0.606. The van der Waals surface area contributed by atoms with E-state index in [0.717, 1.165) is 45.2 Å². The number of guanidine groups is 1. The number of hydrogen-bond donors (Lipinski definition) is 2. The summed E-state index contributed by atoms with van der Waals surface area (Å²) in [6.45, 7) is 8.57. The summed E-state index contributed by atoms with van der Waals surface area (Å²) in [6, 6.07) is 0. The first kappa shape index (κ1) is 19.2. The van der Waals surface area contributed by atoms with Crippen LogP contribution in [0.3, 0.4) is 0 Å². The van der Waals surface area contributed by atoms with Gasteiger partial charge in [-0.3, -0.25) is 4.99 Å². The van der Waals surface area contributed by atoms with Gasteiger partial charge in [-0.15, -0.1) is 0 Å². The molecule has 1 aliphatic rings. The van der Waals surface area contributed by atoms with Crippen molar-refractivity contribution >= 4 is 5.96 Å². The zero-order valence-corrected chi connectivity index (χ0v) is 14.7. The molecule has 130 valence electrons. The van der Waals surface area contributed by atoms with E-state index in [4.69, 9.17) is 4.74 Å².